The molecular weight excluding hydrogens is 531 g/mol. The van der Waals surface area contributed by atoms with E-state index < -0.39 is 0 Å². The predicted octanol–water partition coefficient (Wildman–Crippen LogP) is 1.58. The number of aromatic nitrogens is 2. The van der Waals surface area contributed by atoms with Gasteiger partial charge < -0.3 is 25.3 Å². The number of rotatable bonds is 6. The molecule has 1 unspecified atom stereocenters. The lowest BCUT2D eigenvalue weighted by Crippen LogP contribution is -2.50. The lowest BCUT2D eigenvalue weighted by molar-refractivity contribution is -0.131. The fraction of sp³-hybridized carbons (Fsp3) is 0.478. The predicted molar refractivity (Wildman–Crippen MR) is 142 cm³/mol. The normalized spacial score (nSPS) is 18.6. The Balaban J connectivity index is 0.00000306. The van der Waals surface area contributed by atoms with E-state index in [-0.39, 0.29) is 29.9 Å². The first-order valence-electron chi connectivity index (χ1n) is 11.3. The Labute approximate surface area is 212 Å². The van der Waals surface area contributed by atoms with Crippen LogP contribution in [-0.4, -0.2) is 85.6 Å². The maximum Gasteiger partial charge on any atom is 0.225 e. The number of piperazine rings is 1. The van der Waals surface area contributed by atoms with Crippen LogP contribution in [0.2, 0.25) is 0 Å². The lowest BCUT2D eigenvalue weighted by atomic mass is 10.2. The van der Waals surface area contributed by atoms with Crippen molar-refractivity contribution in [1.82, 2.24) is 25.5 Å². The average molecular weight is 564 g/mol. The number of nitrogens with one attached hydrogen (secondary N) is 2. The van der Waals surface area contributed by atoms with Crippen LogP contribution in [-0.2, 0) is 4.79 Å². The van der Waals surface area contributed by atoms with Gasteiger partial charge in [0.1, 0.15) is 0 Å². The molecule has 3 heterocycles. The number of hydrogen-bond acceptors (Lipinski definition) is 6. The molecule has 2 saturated heterocycles. The van der Waals surface area contributed by atoms with Crippen LogP contribution in [0.3, 0.4) is 0 Å². The number of guanidine groups is 1. The van der Waals surface area contributed by atoms with Gasteiger partial charge in [0.05, 0.1) is 0 Å². The van der Waals surface area contributed by atoms with Crippen molar-refractivity contribution in [3.8, 4) is 0 Å². The zero-order valence-electron chi connectivity index (χ0n) is 19.1. The van der Waals surface area contributed by atoms with Gasteiger partial charge in [0, 0.05) is 83.4 Å². The summed E-state index contributed by atoms with van der Waals surface area (Å²) in [6.45, 7) is 5.44. The number of carbonyl (C=O) groups excluding carboxylic acids is 1. The van der Waals surface area contributed by atoms with Gasteiger partial charge in [-0.05, 0) is 24.6 Å². The molecule has 2 aromatic rings. The van der Waals surface area contributed by atoms with E-state index in [2.05, 4.69) is 59.7 Å². The molecule has 33 heavy (non-hydrogen) atoms. The summed E-state index contributed by atoms with van der Waals surface area (Å²) in [6.07, 6.45) is 5.00. The van der Waals surface area contributed by atoms with Crippen LogP contribution in [0.1, 0.15) is 12.8 Å². The van der Waals surface area contributed by atoms with Gasteiger partial charge in [0.2, 0.25) is 11.9 Å². The Hall–Kier alpha value is -2.63. The lowest BCUT2D eigenvalue weighted by Gasteiger charge is -2.34. The summed E-state index contributed by atoms with van der Waals surface area (Å²) in [6, 6.07) is 12.6. The molecule has 4 rings (SSSR count). The van der Waals surface area contributed by atoms with Crippen molar-refractivity contribution in [2.75, 3.05) is 62.7 Å². The molecule has 0 radical (unpaired) electrons. The maximum absolute atomic E-state index is 12.6. The average Bonchev–Trinajstić information content (AvgIpc) is 3.33. The Kier molecular flexibility index (Phi) is 9.52. The van der Waals surface area contributed by atoms with Crippen molar-refractivity contribution in [3.05, 3.63) is 48.8 Å². The largest absolute Gasteiger partial charge is 0.369 e. The van der Waals surface area contributed by atoms with Crippen LogP contribution in [0.4, 0.5) is 11.6 Å². The molecule has 0 saturated carbocycles. The van der Waals surface area contributed by atoms with Crippen molar-refractivity contribution < 1.29 is 4.79 Å². The zero-order chi connectivity index (χ0) is 22.2. The number of halogens is 1. The highest BCUT2D eigenvalue weighted by Crippen LogP contribution is 2.19. The second kappa shape index (κ2) is 12.6. The Morgan fingerprint density at radius 2 is 1.76 bits per heavy atom. The number of carbonyl (C=O) groups is 1. The molecule has 1 aromatic carbocycles. The fourth-order valence-electron chi connectivity index (χ4n) is 4.20. The summed E-state index contributed by atoms with van der Waals surface area (Å²) in [5, 5.41) is 6.79. The minimum absolute atomic E-state index is 0. The second-order valence-electron chi connectivity index (χ2n) is 8.08. The SMILES string of the molecule is CN=C(NCCC(=O)N1CCN(c2ncccn2)CC1)NC1CCN(c2ccccc2)C1.I. The first-order chi connectivity index (χ1) is 15.7. The third kappa shape index (κ3) is 6.92. The van der Waals surface area contributed by atoms with E-state index in [0.717, 1.165) is 44.5 Å². The van der Waals surface area contributed by atoms with Gasteiger partial charge >= 0.3 is 0 Å². The van der Waals surface area contributed by atoms with E-state index in [0.29, 0.717) is 32.1 Å². The highest BCUT2D eigenvalue weighted by molar-refractivity contribution is 14.0. The summed E-state index contributed by atoms with van der Waals surface area (Å²) < 4.78 is 0. The Morgan fingerprint density at radius 1 is 1.03 bits per heavy atom. The van der Waals surface area contributed by atoms with Crippen LogP contribution in [0, 0.1) is 0 Å². The van der Waals surface area contributed by atoms with E-state index in [1.165, 1.54) is 5.69 Å². The van der Waals surface area contributed by atoms with E-state index in [9.17, 15) is 4.79 Å². The number of anilines is 2. The fourth-order valence-corrected chi connectivity index (χ4v) is 4.20. The summed E-state index contributed by atoms with van der Waals surface area (Å²) in [7, 11) is 1.77. The minimum atomic E-state index is 0. The second-order valence-corrected chi connectivity index (χ2v) is 8.08. The summed E-state index contributed by atoms with van der Waals surface area (Å²) >= 11 is 0. The molecule has 2 N–H and O–H groups in total. The minimum Gasteiger partial charge on any atom is -0.369 e. The van der Waals surface area contributed by atoms with Crippen molar-refractivity contribution in [1.29, 1.82) is 0 Å². The van der Waals surface area contributed by atoms with Crippen LogP contribution < -0.4 is 20.4 Å². The van der Waals surface area contributed by atoms with Gasteiger partial charge in [-0.2, -0.15) is 0 Å². The number of hydrogen-bond donors (Lipinski definition) is 2. The molecule has 0 aliphatic carbocycles. The van der Waals surface area contributed by atoms with E-state index in [1.54, 1.807) is 19.4 Å². The van der Waals surface area contributed by atoms with Gasteiger partial charge in [0.25, 0.3) is 0 Å². The number of para-hydroxylation sites is 1. The molecule has 2 fully saturated rings. The topological polar surface area (TPSA) is 89.0 Å². The summed E-state index contributed by atoms with van der Waals surface area (Å²) in [4.78, 5) is 32.0. The van der Waals surface area contributed by atoms with Gasteiger partial charge in [-0.15, -0.1) is 24.0 Å². The first-order valence-corrected chi connectivity index (χ1v) is 11.3. The molecule has 1 atom stereocenters. The third-order valence-corrected chi connectivity index (χ3v) is 5.97. The molecule has 178 valence electrons. The molecule has 2 aliphatic heterocycles. The smallest absolute Gasteiger partial charge is 0.225 e. The van der Waals surface area contributed by atoms with Gasteiger partial charge in [0.15, 0.2) is 5.96 Å². The van der Waals surface area contributed by atoms with E-state index in [1.807, 2.05) is 17.0 Å². The Bertz CT molecular complexity index is 890. The van der Waals surface area contributed by atoms with Gasteiger partial charge in [-0.1, -0.05) is 18.2 Å². The van der Waals surface area contributed by atoms with Crippen molar-refractivity contribution >= 4 is 47.5 Å². The third-order valence-electron chi connectivity index (χ3n) is 5.97. The summed E-state index contributed by atoms with van der Waals surface area (Å²) in [5.41, 5.74) is 1.25. The molecule has 1 aromatic heterocycles. The number of aliphatic imine (C=N–C) groups is 1. The highest BCUT2D eigenvalue weighted by atomic mass is 127. The van der Waals surface area contributed by atoms with E-state index >= 15 is 0 Å². The van der Waals surface area contributed by atoms with Crippen molar-refractivity contribution in [2.24, 2.45) is 4.99 Å². The van der Waals surface area contributed by atoms with E-state index in [4.69, 9.17) is 0 Å². The van der Waals surface area contributed by atoms with Crippen LogP contribution in [0.25, 0.3) is 0 Å². The first kappa shape index (κ1) is 25.0. The molecular formula is C23H33IN8O. The number of benzene rings is 1. The monoisotopic (exact) mass is 564 g/mol. The van der Waals surface area contributed by atoms with Gasteiger partial charge in [-0.25, -0.2) is 9.97 Å². The molecule has 2 aliphatic rings. The molecule has 9 nitrogen and oxygen atoms in total. The van der Waals surface area contributed by atoms with Crippen LogP contribution >= 0.6 is 24.0 Å². The quantitative estimate of drug-likeness (QED) is 0.313. The van der Waals surface area contributed by atoms with Crippen LogP contribution in [0.15, 0.2) is 53.8 Å². The number of amides is 1. The molecule has 10 heteroatoms. The van der Waals surface area contributed by atoms with Crippen LogP contribution in [0.5, 0.6) is 0 Å². The number of nitrogens with zero attached hydrogens (tertiary/aromatic N) is 6. The molecule has 0 spiro atoms. The maximum atomic E-state index is 12.6. The zero-order valence-corrected chi connectivity index (χ0v) is 21.4. The molecule has 1 amide bonds. The van der Waals surface area contributed by atoms with Gasteiger partial charge in [-0.3, -0.25) is 9.79 Å². The van der Waals surface area contributed by atoms with Crippen molar-refractivity contribution in [2.45, 2.75) is 18.9 Å². The van der Waals surface area contributed by atoms with Crippen molar-refractivity contribution in [3.63, 3.8) is 0 Å². The summed E-state index contributed by atoms with van der Waals surface area (Å²) in [5.74, 6) is 1.65. The highest BCUT2D eigenvalue weighted by Gasteiger charge is 2.24. The Morgan fingerprint density at radius 3 is 2.45 bits per heavy atom. The standard InChI is InChI=1S/C23H32N8O.HI/c1-24-22(28-19-9-13-31(18-19)20-6-3-2-4-7-20)25-12-8-21(32)29-14-16-30(17-15-29)23-26-10-5-11-27-23;/h2-7,10-11,19H,8-9,12-18H2,1H3,(H2,24,25,28);1H. The molecule has 0 bridgehead atoms.